The molecule has 0 aliphatic heterocycles. The van der Waals surface area contributed by atoms with Crippen molar-refractivity contribution in [3.63, 3.8) is 0 Å². The minimum atomic E-state index is -0.712. The summed E-state index contributed by atoms with van der Waals surface area (Å²) in [7, 11) is 0. The molecule has 0 aliphatic rings. The molecule has 0 aromatic heterocycles. The quantitative estimate of drug-likeness (QED) is 0.380. The summed E-state index contributed by atoms with van der Waals surface area (Å²) in [5, 5.41) is 31.2. The fraction of sp³-hybridized carbons (Fsp3) is 0.250. The van der Waals surface area contributed by atoms with E-state index in [1.54, 1.807) is 18.2 Å². The smallest absolute Gasteiger partial charge is 0.121 e. The van der Waals surface area contributed by atoms with E-state index in [9.17, 15) is 15.3 Å². The molecule has 0 radical (unpaired) electrons. The van der Waals surface area contributed by atoms with Crippen LogP contribution in [0.15, 0.2) is 90.2 Å². The van der Waals surface area contributed by atoms with Crippen molar-refractivity contribution in [2.75, 3.05) is 6.61 Å². The van der Waals surface area contributed by atoms with E-state index in [0.717, 1.165) is 33.6 Å². The van der Waals surface area contributed by atoms with E-state index in [1.807, 2.05) is 74.5 Å². The van der Waals surface area contributed by atoms with Gasteiger partial charge in [-0.15, -0.1) is 5.73 Å². The van der Waals surface area contributed by atoms with E-state index >= 15 is 0 Å². The molecule has 0 bridgehead atoms. The van der Waals surface area contributed by atoms with Gasteiger partial charge in [0.2, 0.25) is 0 Å². The fourth-order valence-electron chi connectivity index (χ4n) is 3.51. The predicted molar refractivity (Wildman–Crippen MR) is 127 cm³/mol. The minimum absolute atomic E-state index is 0.256. The van der Waals surface area contributed by atoms with Crippen LogP contribution in [-0.2, 0) is 0 Å². The van der Waals surface area contributed by atoms with Gasteiger partial charge in [0.1, 0.15) is 18.1 Å². The number of hydrogen-bond acceptors (Lipinski definition) is 4. The van der Waals surface area contributed by atoms with Gasteiger partial charge in [-0.2, -0.15) is 0 Å². The van der Waals surface area contributed by atoms with Crippen LogP contribution in [0.2, 0.25) is 0 Å². The molecule has 32 heavy (non-hydrogen) atoms. The number of benzene rings is 3. The van der Waals surface area contributed by atoms with Crippen LogP contribution in [0.1, 0.15) is 47.3 Å². The fourth-order valence-corrected chi connectivity index (χ4v) is 3.51. The number of phenolic OH excluding ortho intramolecular Hbond substituents is 1. The molecule has 3 aromatic rings. The molecule has 4 heteroatoms. The summed E-state index contributed by atoms with van der Waals surface area (Å²) in [6.45, 7) is 3.93. The van der Waals surface area contributed by atoms with Gasteiger partial charge in [0.25, 0.3) is 0 Å². The molecule has 2 atom stereocenters. The molecule has 3 N–H and O–H groups in total. The molecule has 0 saturated heterocycles. The topological polar surface area (TPSA) is 69.9 Å². The number of aryl methyl sites for hydroxylation is 2. The number of aliphatic hydroxyl groups is 2. The number of rotatable bonds is 9. The molecule has 0 fully saturated rings. The van der Waals surface area contributed by atoms with Gasteiger partial charge in [0, 0.05) is 18.4 Å². The second kappa shape index (κ2) is 11.4. The normalized spacial score (nSPS) is 12.5. The van der Waals surface area contributed by atoms with Crippen molar-refractivity contribution in [1.82, 2.24) is 0 Å². The van der Waals surface area contributed by atoms with E-state index < -0.39 is 12.2 Å². The Morgan fingerprint density at radius 2 is 1.47 bits per heavy atom. The lowest BCUT2D eigenvalue weighted by atomic mass is 9.99. The molecule has 4 nitrogen and oxygen atoms in total. The standard InChI is InChI=1S/C28H30O4/c1-20-16-24(17-21(2)28(20)31)26(29)15-9-10-22(19-32-25-13-7-4-8-14-25)18-27(30)23-11-5-3-6-12-23/h3-9,11-14,16-17,26-27,29-31H,15,18-19H2,1-2H3/t10?,26-,27-/m1/s1. The Kier molecular flexibility index (Phi) is 8.29. The van der Waals surface area contributed by atoms with Crippen molar-refractivity contribution in [1.29, 1.82) is 0 Å². The Morgan fingerprint density at radius 1 is 0.875 bits per heavy atom. The van der Waals surface area contributed by atoms with Crippen LogP contribution in [-0.4, -0.2) is 21.9 Å². The highest BCUT2D eigenvalue weighted by Gasteiger charge is 2.12. The second-order valence-corrected chi connectivity index (χ2v) is 7.94. The van der Waals surface area contributed by atoms with E-state index in [-0.39, 0.29) is 12.4 Å². The van der Waals surface area contributed by atoms with Crippen LogP contribution >= 0.6 is 0 Å². The van der Waals surface area contributed by atoms with Crippen LogP contribution in [0.3, 0.4) is 0 Å². The largest absolute Gasteiger partial charge is 0.507 e. The van der Waals surface area contributed by atoms with Gasteiger partial charge in [-0.25, -0.2) is 0 Å². The third kappa shape index (κ3) is 6.60. The van der Waals surface area contributed by atoms with Crippen molar-refractivity contribution in [2.45, 2.75) is 38.9 Å². The average molecular weight is 431 g/mol. The highest BCUT2D eigenvalue weighted by molar-refractivity contribution is 5.42. The van der Waals surface area contributed by atoms with Crippen molar-refractivity contribution in [3.8, 4) is 11.5 Å². The van der Waals surface area contributed by atoms with Crippen LogP contribution in [0.25, 0.3) is 0 Å². The first kappa shape index (κ1) is 23.4. The SMILES string of the molecule is Cc1cc([C@H](O)CC=C=C(COc2ccccc2)C[C@@H](O)c2ccccc2)cc(C)c1O. The molecule has 166 valence electrons. The highest BCUT2D eigenvalue weighted by Crippen LogP contribution is 2.28. The van der Waals surface area contributed by atoms with Crippen molar-refractivity contribution >= 4 is 0 Å². The molecule has 0 spiro atoms. The summed E-state index contributed by atoms with van der Waals surface area (Å²) in [5.74, 6) is 1.00. The summed E-state index contributed by atoms with van der Waals surface area (Å²) in [5.41, 5.74) is 7.09. The lowest BCUT2D eigenvalue weighted by molar-refractivity contribution is 0.173. The lowest BCUT2D eigenvalue weighted by Gasteiger charge is -2.14. The van der Waals surface area contributed by atoms with E-state index in [2.05, 4.69) is 5.73 Å². The zero-order chi connectivity index (χ0) is 22.9. The van der Waals surface area contributed by atoms with Crippen molar-refractivity contribution < 1.29 is 20.1 Å². The second-order valence-electron chi connectivity index (χ2n) is 7.94. The van der Waals surface area contributed by atoms with E-state index in [4.69, 9.17) is 4.74 Å². The van der Waals surface area contributed by atoms with Crippen molar-refractivity contribution in [2.24, 2.45) is 0 Å². The first-order chi connectivity index (χ1) is 15.4. The predicted octanol–water partition coefficient (Wildman–Crippen LogP) is 5.72. The number of para-hydroxylation sites is 1. The molecular weight excluding hydrogens is 400 g/mol. The number of aliphatic hydroxyl groups excluding tert-OH is 2. The van der Waals surface area contributed by atoms with Gasteiger partial charge in [-0.3, -0.25) is 0 Å². The van der Waals surface area contributed by atoms with E-state index in [0.29, 0.717) is 12.8 Å². The number of aromatic hydroxyl groups is 1. The van der Waals surface area contributed by atoms with Crippen LogP contribution < -0.4 is 4.74 Å². The zero-order valence-corrected chi connectivity index (χ0v) is 18.5. The molecule has 0 unspecified atom stereocenters. The molecule has 0 heterocycles. The van der Waals surface area contributed by atoms with Crippen LogP contribution in [0.5, 0.6) is 11.5 Å². The maximum absolute atomic E-state index is 10.7. The highest BCUT2D eigenvalue weighted by atomic mass is 16.5. The summed E-state index contributed by atoms with van der Waals surface area (Å²) in [6.07, 6.45) is 1.14. The Hall–Kier alpha value is -3.30. The maximum atomic E-state index is 10.7. The van der Waals surface area contributed by atoms with Crippen LogP contribution in [0.4, 0.5) is 0 Å². The first-order valence-electron chi connectivity index (χ1n) is 10.8. The number of phenols is 1. The summed E-state index contributed by atoms with van der Waals surface area (Å²) < 4.78 is 5.87. The minimum Gasteiger partial charge on any atom is -0.507 e. The van der Waals surface area contributed by atoms with Gasteiger partial charge in [0.15, 0.2) is 0 Å². The molecular formula is C28H30O4. The summed E-state index contributed by atoms with van der Waals surface area (Å²) in [4.78, 5) is 0. The molecule has 3 aromatic carbocycles. The maximum Gasteiger partial charge on any atom is 0.121 e. The monoisotopic (exact) mass is 430 g/mol. The first-order valence-corrected chi connectivity index (χ1v) is 10.8. The summed E-state index contributed by atoms with van der Waals surface area (Å²) in [6, 6.07) is 22.6. The zero-order valence-electron chi connectivity index (χ0n) is 18.5. The Labute approximate surface area is 189 Å². The van der Waals surface area contributed by atoms with Gasteiger partial charge in [0.05, 0.1) is 12.2 Å². The average Bonchev–Trinajstić information content (AvgIpc) is 2.81. The summed E-state index contributed by atoms with van der Waals surface area (Å²) >= 11 is 0. The van der Waals surface area contributed by atoms with Crippen LogP contribution in [0, 0.1) is 13.8 Å². The van der Waals surface area contributed by atoms with Gasteiger partial charge < -0.3 is 20.1 Å². The molecule has 0 amide bonds. The molecule has 0 aliphatic carbocycles. The Balaban J connectivity index is 1.75. The molecule has 3 rings (SSSR count). The van der Waals surface area contributed by atoms with Gasteiger partial charge in [-0.05, 0) is 66.4 Å². The third-order valence-corrected chi connectivity index (χ3v) is 5.33. The lowest BCUT2D eigenvalue weighted by Crippen LogP contribution is -2.06. The van der Waals surface area contributed by atoms with Gasteiger partial charge >= 0.3 is 0 Å². The third-order valence-electron chi connectivity index (χ3n) is 5.33. The number of hydrogen-bond donors (Lipinski definition) is 3. The van der Waals surface area contributed by atoms with Crippen molar-refractivity contribution in [3.05, 3.63) is 112 Å². The Morgan fingerprint density at radius 3 is 2.09 bits per heavy atom. The number of ether oxygens (including phenoxy) is 1. The Bertz CT molecular complexity index is 1040. The van der Waals surface area contributed by atoms with E-state index in [1.165, 1.54) is 0 Å². The van der Waals surface area contributed by atoms with Gasteiger partial charge in [-0.1, -0.05) is 48.5 Å². The molecule has 0 saturated carbocycles.